The van der Waals surface area contributed by atoms with E-state index < -0.39 is 36.3 Å². The van der Waals surface area contributed by atoms with E-state index in [1.54, 1.807) is 0 Å². The molecule has 0 unspecified atom stereocenters. The molecule has 1 aromatic carbocycles. The second-order valence-corrected chi connectivity index (χ2v) is 7.73. The molecule has 0 aliphatic rings. The van der Waals surface area contributed by atoms with Gasteiger partial charge in [0.1, 0.15) is 0 Å². The molecule has 0 saturated carbocycles. The number of hydrogen-bond donors (Lipinski definition) is 1. The largest absolute Gasteiger partial charge is 0.273 e. The molecule has 1 rings (SSSR count). The van der Waals surface area contributed by atoms with Crippen LogP contribution in [-0.4, -0.2) is 33.3 Å². The van der Waals surface area contributed by atoms with Crippen LogP contribution in [0.5, 0.6) is 0 Å². The molecule has 106 valence electrons. The van der Waals surface area contributed by atoms with E-state index in [1.165, 1.54) is 19.1 Å². The summed E-state index contributed by atoms with van der Waals surface area (Å²) in [6, 6.07) is 3.40. The van der Waals surface area contributed by atoms with Crippen LogP contribution >= 0.6 is 0 Å². The molecule has 0 fully saturated rings. The second-order valence-electron chi connectivity index (χ2n) is 3.89. The molecule has 0 bridgehead atoms. The molecule has 1 aromatic rings. The first-order valence-corrected chi connectivity index (χ1v) is 8.38. The predicted molar refractivity (Wildman–Crippen MR) is 67.9 cm³/mol. The van der Waals surface area contributed by atoms with Crippen LogP contribution in [0.2, 0.25) is 0 Å². The summed E-state index contributed by atoms with van der Waals surface area (Å²) in [7, 11) is -7.84. The van der Waals surface area contributed by atoms with E-state index in [4.69, 9.17) is 5.14 Å². The lowest BCUT2D eigenvalue weighted by molar-refractivity contribution is -0.385. The third-order valence-electron chi connectivity index (χ3n) is 2.37. The van der Waals surface area contributed by atoms with Crippen LogP contribution in [0, 0.1) is 17.0 Å². The summed E-state index contributed by atoms with van der Waals surface area (Å²) in [6.07, 6.45) is 0. The molecule has 0 saturated heterocycles. The highest BCUT2D eigenvalue weighted by Gasteiger charge is 2.21. The molecular formula is C9H12N2O6S2. The number of nitro groups is 1. The number of hydrogen-bond acceptors (Lipinski definition) is 6. The number of nitro benzene ring substituents is 1. The molecule has 10 heteroatoms. The number of benzene rings is 1. The number of nitrogens with two attached hydrogens (primary N) is 1. The third-order valence-corrected chi connectivity index (χ3v) is 5.12. The van der Waals surface area contributed by atoms with Gasteiger partial charge in [0.05, 0.1) is 21.3 Å². The van der Waals surface area contributed by atoms with Crippen molar-refractivity contribution in [3.8, 4) is 0 Å². The third kappa shape index (κ3) is 4.26. The van der Waals surface area contributed by atoms with Crippen LogP contribution in [0.25, 0.3) is 0 Å². The second kappa shape index (κ2) is 5.23. The fourth-order valence-corrected chi connectivity index (χ4v) is 3.93. The first-order valence-electron chi connectivity index (χ1n) is 5.01. The molecule has 0 aromatic heterocycles. The van der Waals surface area contributed by atoms with Crippen molar-refractivity contribution in [2.75, 3.05) is 11.5 Å². The van der Waals surface area contributed by atoms with Crippen LogP contribution in [-0.2, 0) is 19.9 Å². The first-order chi connectivity index (χ1) is 8.53. The number of aryl methyl sites for hydroxylation is 1. The Morgan fingerprint density at radius 2 is 1.79 bits per heavy atom. The van der Waals surface area contributed by atoms with Crippen molar-refractivity contribution >= 4 is 25.5 Å². The quantitative estimate of drug-likeness (QED) is 0.598. The minimum Gasteiger partial charge on any atom is -0.258 e. The minimum absolute atomic E-state index is 0.298. The minimum atomic E-state index is -3.93. The van der Waals surface area contributed by atoms with Crippen molar-refractivity contribution in [2.45, 2.75) is 11.8 Å². The zero-order valence-electron chi connectivity index (χ0n) is 9.94. The van der Waals surface area contributed by atoms with Crippen LogP contribution in [0.1, 0.15) is 5.56 Å². The summed E-state index contributed by atoms with van der Waals surface area (Å²) in [4.78, 5) is 9.71. The molecule has 0 amide bonds. The Bertz CT molecular complexity index is 708. The highest BCUT2D eigenvalue weighted by molar-refractivity contribution is 7.94. The van der Waals surface area contributed by atoms with Gasteiger partial charge in [-0.2, -0.15) is 0 Å². The fraction of sp³-hybridized carbons (Fsp3) is 0.333. The normalized spacial score (nSPS) is 12.3. The van der Waals surface area contributed by atoms with Gasteiger partial charge in [0.15, 0.2) is 9.84 Å². The van der Waals surface area contributed by atoms with Gasteiger partial charge in [-0.3, -0.25) is 10.1 Å². The van der Waals surface area contributed by atoms with Crippen molar-refractivity contribution in [3.63, 3.8) is 0 Å². The average Bonchev–Trinajstić information content (AvgIpc) is 2.25. The zero-order chi connectivity index (χ0) is 14.8. The Hall–Kier alpha value is -1.52. The SMILES string of the molecule is Cc1ccc(S(=O)(=O)CCS(N)(=O)=O)cc1[N+](=O)[O-]. The summed E-state index contributed by atoms with van der Waals surface area (Å²) >= 11 is 0. The fourth-order valence-electron chi connectivity index (χ4n) is 1.32. The summed E-state index contributed by atoms with van der Waals surface area (Å²) in [6.45, 7) is 1.47. The lowest BCUT2D eigenvalue weighted by Gasteiger charge is -2.04. The van der Waals surface area contributed by atoms with Gasteiger partial charge in [0.25, 0.3) is 5.69 Å². The van der Waals surface area contributed by atoms with Gasteiger partial charge >= 0.3 is 0 Å². The topological polar surface area (TPSA) is 137 Å². The Morgan fingerprint density at radius 3 is 2.26 bits per heavy atom. The maximum atomic E-state index is 11.8. The highest BCUT2D eigenvalue weighted by atomic mass is 32.2. The van der Waals surface area contributed by atoms with E-state index in [9.17, 15) is 26.9 Å². The molecule has 2 N–H and O–H groups in total. The van der Waals surface area contributed by atoms with E-state index in [2.05, 4.69) is 0 Å². The van der Waals surface area contributed by atoms with Crippen molar-refractivity contribution in [3.05, 3.63) is 33.9 Å². The van der Waals surface area contributed by atoms with Crippen molar-refractivity contribution in [1.29, 1.82) is 0 Å². The van der Waals surface area contributed by atoms with E-state index in [1.807, 2.05) is 0 Å². The van der Waals surface area contributed by atoms with Gasteiger partial charge < -0.3 is 0 Å². The average molecular weight is 308 g/mol. The van der Waals surface area contributed by atoms with Crippen LogP contribution in [0.4, 0.5) is 5.69 Å². The number of sulfone groups is 1. The Balaban J connectivity index is 3.16. The van der Waals surface area contributed by atoms with Gasteiger partial charge in [-0.15, -0.1) is 0 Å². The van der Waals surface area contributed by atoms with E-state index in [-0.39, 0.29) is 10.6 Å². The molecule has 19 heavy (non-hydrogen) atoms. The van der Waals surface area contributed by atoms with Gasteiger partial charge in [-0.25, -0.2) is 22.0 Å². The lowest BCUT2D eigenvalue weighted by atomic mass is 10.2. The van der Waals surface area contributed by atoms with Gasteiger partial charge in [-0.05, 0) is 13.0 Å². The van der Waals surface area contributed by atoms with Gasteiger partial charge in [0, 0.05) is 11.6 Å². The molecular weight excluding hydrogens is 296 g/mol. The lowest BCUT2D eigenvalue weighted by Crippen LogP contribution is -2.23. The summed E-state index contributed by atoms with van der Waals surface area (Å²) in [5, 5.41) is 15.4. The summed E-state index contributed by atoms with van der Waals surface area (Å²) in [5.41, 5.74) is -0.0212. The standard InChI is InChI=1S/C9H12N2O6S2/c1-7-2-3-8(6-9(7)11(12)13)18(14,15)4-5-19(10,16)17/h2-3,6H,4-5H2,1H3,(H2,10,16,17). The van der Waals surface area contributed by atoms with E-state index >= 15 is 0 Å². The number of primary sulfonamides is 1. The predicted octanol–water partition coefficient (Wildman–Crippen LogP) is -0.0346. The van der Waals surface area contributed by atoms with Crippen LogP contribution in [0.3, 0.4) is 0 Å². The molecule has 8 nitrogen and oxygen atoms in total. The maximum Gasteiger partial charge on any atom is 0.273 e. The number of sulfonamides is 1. The van der Waals surface area contributed by atoms with E-state index in [0.717, 1.165) is 6.07 Å². The summed E-state index contributed by atoms with van der Waals surface area (Å²) in [5.74, 6) is -1.46. The number of nitrogens with zero attached hydrogens (tertiary/aromatic N) is 1. The Labute approximate surface area is 110 Å². The van der Waals surface area contributed by atoms with Crippen LogP contribution in [0.15, 0.2) is 23.1 Å². The molecule has 0 atom stereocenters. The highest BCUT2D eigenvalue weighted by Crippen LogP contribution is 2.22. The number of rotatable bonds is 5. The van der Waals surface area contributed by atoms with Gasteiger partial charge in [-0.1, -0.05) is 6.07 Å². The Kier molecular flexibility index (Phi) is 4.28. The molecule has 0 radical (unpaired) electrons. The molecule has 0 heterocycles. The van der Waals surface area contributed by atoms with Crippen molar-refractivity contribution in [1.82, 2.24) is 0 Å². The first kappa shape index (κ1) is 15.5. The van der Waals surface area contributed by atoms with E-state index in [0.29, 0.717) is 5.56 Å². The van der Waals surface area contributed by atoms with Crippen LogP contribution < -0.4 is 5.14 Å². The zero-order valence-corrected chi connectivity index (χ0v) is 11.6. The molecule has 0 spiro atoms. The Morgan fingerprint density at radius 1 is 1.21 bits per heavy atom. The monoisotopic (exact) mass is 308 g/mol. The molecule has 0 aliphatic heterocycles. The van der Waals surface area contributed by atoms with Gasteiger partial charge in [0.2, 0.25) is 10.0 Å². The van der Waals surface area contributed by atoms with Crippen molar-refractivity contribution in [2.24, 2.45) is 5.14 Å². The maximum absolute atomic E-state index is 11.8. The summed E-state index contributed by atoms with van der Waals surface area (Å²) < 4.78 is 45.1. The van der Waals surface area contributed by atoms with Crippen molar-refractivity contribution < 1.29 is 21.8 Å². The molecule has 0 aliphatic carbocycles. The smallest absolute Gasteiger partial charge is 0.258 e.